The molecule has 0 aromatic heterocycles. The summed E-state index contributed by atoms with van der Waals surface area (Å²) in [4.78, 5) is 13.1. The Hall–Kier alpha value is -2.56. The van der Waals surface area contributed by atoms with Gasteiger partial charge in [0.15, 0.2) is 4.90 Å². The van der Waals surface area contributed by atoms with E-state index in [2.05, 4.69) is 10.2 Å². The molecule has 1 saturated heterocycles. The maximum absolute atomic E-state index is 13.7. The Labute approximate surface area is 167 Å². The first-order valence-corrected chi connectivity index (χ1v) is 10.4. The van der Waals surface area contributed by atoms with Crippen LogP contribution in [-0.2, 0) is 19.6 Å². The van der Waals surface area contributed by atoms with Crippen molar-refractivity contribution in [3.63, 3.8) is 0 Å². The molecule has 1 unspecified atom stereocenters. The molecule has 0 saturated carbocycles. The van der Waals surface area contributed by atoms with Crippen molar-refractivity contribution in [3.05, 3.63) is 54.1 Å². The Morgan fingerprint density at radius 2 is 1.83 bits per heavy atom. The van der Waals surface area contributed by atoms with Gasteiger partial charge >= 0.3 is 0 Å². The van der Waals surface area contributed by atoms with Crippen LogP contribution in [0.5, 0.6) is 0 Å². The zero-order valence-electron chi connectivity index (χ0n) is 15.7. The number of carbonyl (C=O) groups is 1. The van der Waals surface area contributed by atoms with Gasteiger partial charge in [0.1, 0.15) is 11.6 Å². The van der Waals surface area contributed by atoms with E-state index in [-0.39, 0.29) is 6.10 Å². The highest BCUT2D eigenvalue weighted by atomic mass is 32.2. The van der Waals surface area contributed by atoms with Gasteiger partial charge in [0.05, 0.1) is 12.6 Å². The second kappa shape index (κ2) is 8.85. The predicted molar refractivity (Wildman–Crippen MR) is 104 cm³/mol. The van der Waals surface area contributed by atoms with Crippen molar-refractivity contribution < 1.29 is 26.7 Å². The number of halogens is 2. The zero-order chi connectivity index (χ0) is 21.0. The molecule has 2 aromatic rings. The van der Waals surface area contributed by atoms with Gasteiger partial charge in [-0.05, 0) is 42.8 Å². The van der Waals surface area contributed by atoms with Crippen LogP contribution in [-0.4, -0.2) is 47.2 Å². The molecule has 0 radical (unpaired) electrons. The predicted octanol–water partition coefficient (Wildman–Crippen LogP) is 2.11. The summed E-state index contributed by atoms with van der Waals surface area (Å²) in [6, 6.07) is 9.77. The van der Waals surface area contributed by atoms with Gasteiger partial charge in [-0.25, -0.2) is 21.9 Å². The first-order chi connectivity index (χ1) is 13.8. The Kier molecular flexibility index (Phi) is 6.46. The van der Waals surface area contributed by atoms with E-state index in [9.17, 15) is 22.0 Å². The van der Waals surface area contributed by atoms with E-state index >= 15 is 0 Å². The fraction of sp³-hybridized carbons (Fsp3) is 0.316. The average Bonchev–Trinajstić information content (AvgIpc) is 3.16. The lowest BCUT2D eigenvalue weighted by Gasteiger charge is -2.18. The molecule has 2 N–H and O–H groups in total. The third-order valence-corrected chi connectivity index (χ3v) is 6.06. The van der Waals surface area contributed by atoms with E-state index < -0.39 is 39.0 Å². The van der Waals surface area contributed by atoms with Crippen LogP contribution < -0.4 is 14.9 Å². The summed E-state index contributed by atoms with van der Waals surface area (Å²) in [6.07, 6.45) is 1.14. The quantitative estimate of drug-likeness (QED) is 0.710. The van der Waals surface area contributed by atoms with Crippen LogP contribution in [0.2, 0.25) is 0 Å². The summed E-state index contributed by atoms with van der Waals surface area (Å²) in [6.45, 7) is 0.995. The van der Waals surface area contributed by atoms with Gasteiger partial charge in [0, 0.05) is 31.6 Å². The number of methoxy groups -OCH3 is 1. The number of amides is 1. The van der Waals surface area contributed by atoms with Crippen molar-refractivity contribution in [1.29, 1.82) is 0 Å². The highest BCUT2D eigenvalue weighted by Gasteiger charge is 2.24. The van der Waals surface area contributed by atoms with Crippen LogP contribution in [0.25, 0.3) is 0 Å². The topological polar surface area (TPSA) is 87.7 Å². The lowest BCUT2D eigenvalue weighted by molar-refractivity contribution is -0.115. The standard InChI is InChI=1S/C19H21F2N3O4S/c1-28-15-9-10-24(12-15)14-7-5-13(6-8-14)23-18(25)11-22-29(26,27)19-16(20)3-2-4-17(19)21/h2-8,15,22H,9-12H2,1H3,(H,23,25). The van der Waals surface area contributed by atoms with Crippen molar-refractivity contribution in [2.24, 2.45) is 0 Å². The number of carbonyl (C=O) groups excluding carboxylic acids is 1. The molecule has 1 amide bonds. The zero-order valence-corrected chi connectivity index (χ0v) is 16.5. The fourth-order valence-electron chi connectivity index (χ4n) is 3.09. The second-order valence-corrected chi connectivity index (χ2v) is 8.27. The first kappa shape index (κ1) is 21.2. The number of ether oxygens (including phenoxy) is 1. The van der Waals surface area contributed by atoms with Crippen LogP contribution in [0.3, 0.4) is 0 Å². The van der Waals surface area contributed by atoms with Gasteiger partial charge in [-0.15, -0.1) is 0 Å². The van der Waals surface area contributed by atoms with Crippen LogP contribution in [0, 0.1) is 11.6 Å². The average molecular weight is 425 g/mol. The van der Waals surface area contributed by atoms with Gasteiger partial charge < -0.3 is 15.0 Å². The minimum atomic E-state index is -4.51. The maximum atomic E-state index is 13.7. The van der Waals surface area contributed by atoms with Gasteiger partial charge in [-0.3, -0.25) is 4.79 Å². The Morgan fingerprint density at radius 1 is 1.17 bits per heavy atom. The molecule has 0 aliphatic carbocycles. The molecule has 1 fully saturated rings. The van der Waals surface area contributed by atoms with Crippen molar-refractivity contribution in [2.45, 2.75) is 17.4 Å². The molecule has 156 valence electrons. The highest BCUT2D eigenvalue weighted by molar-refractivity contribution is 7.89. The Bertz CT molecular complexity index is 963. The summed E-state index contributed by atoms with van der Waals surface area (Å²) in [5, 5.41) is 2.54. The van der Waals surface area contributed by atoms with E-state index in [1.807, 2.05) is 16.9 Å². The van der Waals surface area contributed by atoms with Gasteiger partial charge in [0.2, 0.25) is 15.9 Å². The highest BCUT2D eigenvalue weighted by Crippen LogP contribution is 2.23. The number of hydrogen-bond acceptors (Lipinski definition) is 5. The monoisotopic (exact) mass is 425 g/mol. The summed E-state index contributed by atoms with van der Waals surface area (Å²) >= 11 is 0. The maximum Gasteiger partial charge on any atom is 0.246 e. The SMILES string of the molecule is COC1CCN(c2ccc(NC(=O)CNS(=O)(=O)c3c(F)cccc3F)cc2)C1. The summed E-state index contributed by atoms with van der Waals surface area (Å²) in [5.41, 5.74) is 1.45. The van der Waals surface area contributed by atoms with E-state index in [0.717, 1.165) is 43.4 Å². The molecule has 0 spiro atoms. The molecule has 1 aliphatic heterocycles. The van der Waals surface area contributed by atoms with Crippen LogP contribution in [0.1, 0.15) is 6.42 Å². The smallest absolute Gasteiger partial charge is 0.246 e. The minimum absolute atomic E-state index is 0.196. The van der Waals surface area contributed by atoms with Crippen LogP contribution >= 0.6 is 0 Å². The molecule has 1 heterocycles. The second-order valence-electron chi connectivity index (χ2n) is 6.56. The van der Waals surface area contributed by atoms with Gasteiger partial charge in [-0.1, -0.05) is 6.07 Å². The molecule has 29 heavy (non-hydrogen) atoms. The van der Waals surface area contributed by atoms with Crippen molar-refractivity contribution in [1.82, 2.24) is 4.72 Å². The van der Waals surface area contributed by atoms with Gasteiger partial charge in [0.25, 0.3) is 0 Å². The molecule has 1 aliphatic rings. The molecule has 3 rings (SSSR count). The fourth-order valence-corrected chi connectivity index (χ4v) is 4.20. The number of sulfonamides is 1. The van der Waals surface area contributed by atoms with Crippen molar-refractivity contribution in [3.8, 4) is 0 Å². The molecule has 0 bridgehead atoms. The van der Waals surface area contributed by atoms with E-state index in [0.29, 0.717) is 5.69 Å². The summed E-state index contributed by atoms with van der Waals surface area (Å²) in [5.74, 6) is -3.13. The number of benzene rings is 2. The number of rotatable bonds is 7. The number of hydrogen-bond donors (Lipinski definition) is 2. The van der Waals surface area contributed by atoms with Crippen LogP contribution in [0.4, 0.5) is 20.2 Å². The summed E-state index contributed by atoms with van der Waals surface area (Å²) in [7, 11) is -2.83. The van der Waals surface area contributed by atoms with E-state index in [4.69, 9.17) is 4.74 Å². The Morgan fingerprint density at radius 3 is 2.41 bits per heavy atom. The van der Waals surface area contributed by atoms with Crippen molar-refractivity contribution >= 4 is 27.3 Å². The lowest BCUT2D eigenvalue weighted by Crippen LogP contribution is -2.33. The third-order valence-electron chi connectivity index (χ3n) is 4.60. The molecule has 10 heteroatoms. The Balaban J connectivity index is 1.57. The normalized spacial score (nSPS) is 16.8. The van der Waals surface area contributed by atoms with Gasteiger partial charge in [-0.2, -0.15) is 0 Å². The molecular formula is C19H21F2N3O4S. The van der Waals surface area contributed by atoms with E-state index in [1.165, 1.54) is 0 Å². The van der Waals surface area contributed by atoms with Crippen LogP contribution in [0.15, 0.2) is 47.4 Å². The molecular weight excluding hydrogens is 404 g/mol. The number of anilines is 2. The first-order valence-electron chi connectivity index (χ1n) is 8.91. The lowest BCUT2D eigenvalue weighted by atomic mass is 10.2. The number of nitrogens with zero attached hydrogens (tertiary/aromatic N) is 1. The molecule has 7 nitrogen and oxygen atoms in total. The molecule has 2 aromatic carbocycles. The molecule has 1 atom stereocenters. The largest absolute Gasteiger partial charge is 0.380 e. The number of nitrogens with one attached hydrogen (secondary N) is 2. The minimum Gasteiger partial charge on any atom is -0.380 e. The van der Waals surface area contributed by atoms with E-state index in [1.54, 1.807) is 19.2 Å². The third kappa shape index (κ3) is 5.08. The van der Waals surface area contributed by atoms with Crippen molar-refractivity contribution in [2.75, 3.05) is 37.0 Å². The summed E-state index contributed by atoms with van der Waals surface area (Å²) < 4.78 is 58.7.